The van der Waals surface area contributed by atoms with E-state index >= 15 is 0 Å². The molecule has 1 unspecified atom stereocenters. The number of carbonyl (C=O) groups excluding carboxylic acids is 1. The molecule has 1 saturated heterocycles. The Morgan fingerprint density at radius 3 is 2.44 bits per heavy atom. The number of thioether (sulfide) groups is 1. The third-order valence-electron chi connectivity index (χ3n) is 4.50. The van der Waals surface area contributed by atoms with Crippen LogP contribution in [0.15, 0.2) is 36.4 Å². The molecule has 0 saturated carbocycles. The van der Waals surface area contributed by atoms with Gasteiger partial charge in [-0.05, 0) is 24.3 Å². The molecule has 1 fully saturated rings. The standard InChI is InChI=1S/C20H23NO5S/c1-23-14-8-9-16(24-2)13(10-14)11-21-18(22)12-27-20(21)15-6-5-7-17(25-3)19(15)26-4/h5-10,20H,11-12H2,1-4H3. The third kappa shape index (κ3) is 3.78. The molecule has 0 aliphatic carbocycles. The van der Waals surface area contributed by atoms with E-state index < -0.39 is 0 Å². The van der Waals surface area contributed by atoms with E-state index in [0.29, 0.717) is 23.8 Å². The zero-order valence-electron chi connectivity index (χ0n) is 15.9. The van der Waals surface area contributed by atoms with Gasteiger partial charge in [0.15, 0.2) is 11.5 Å². The molecule has 144 valence electrons. The molecule has 2 aromatic rings. The summed E-state index contributed by atoms with van der Waals surface area (Å²) < 4.78 is 21.8. The van der Waals surface area contributed by atoms with Gasteiger partial charge in [-0.15, -0.1) is 11.8 Å². The van der Waals surface area contributed by atoms with Crippen LogP contribution in [0.25, 0.3) is 0 Å². The number of benzene rings is 2. The van der Waals surface area contributed by atoms with Crippen LogP contribution in [0.4, 0.5) is 0 Å². The predicted octanol–water partition coefficient (Wildman–Crippen LogP) is 3.50. The van der Waals surface area contributed by atoms with Crippen molar-refractivity contribution in [2.45, 2.75) is 11.9 Å². The maximum absolute atomic E-state index is 12.6. The van der Waals surface area contributed by atoms with Crippen molar-refractivity contribution < 1.29 is 23.7 Å². The molecule has 0 spiro atoms. The smallest absolute Gasteiger partial charge is 0.234 e. The van der Waals surface area contributed by atoms with E-state index in [1.165, 1.54) is 0 Å². The van der Waals surface area contributed by atoms with Gasteiger partial charge in [0.25, 0.3) is 0 Å². The molecule has 1 aliphatic heterocycles. The van der Waals surface area contributed by atoms with Crippen LogP contribution in [0.1, 0.15) is 16.5 Å². The molecule has 0 bridgehead atoms. The second kappa shape index (κ2) is 8.43. The van der Waals surface area contributed by atoms with Crippen LogP contribution in [-0.2, 0) is 11.3 Å². The molecule has 0 N–H and O–H groups in total. The van der Waals surface area contributed by atoms with Crippen molar-refractivity contribution in [3.8, 4) is 23.0 Å². The van der Waals surface area contributed by atoms with Gasteiger partial charge in [0, 0.05) is 11.1 Å². The Morgan fingerprint density at radius 2 is 1.78 bits per heavy atom. The van der Waals surface area contributed by atoms with Crippen molar-refractivity contribution in [2.24, 2.45) is 0 Å². The summed E-state index contributed by atoms with van der Waals surface area (Å²) in [5.74, 6) is 3.22. The van der Waals surface area contributed by atoms with Gasteiger partial charge in [0.2, 0.25) is 5.91 Å². The highest BCUT2D eigenvalue weighted by atomic mass is 32.2. The number of amides is 1. The molecule has 3 rings (SSSR count). The number of para-hydroxylation sites is 1. The molecule has 0 aromatic heterocycles. The van der Waals surface area contributed by atoms with E-state index in [9.17, 15) is 4.79 Å². The highest BCUT2D eigenvalue weighted by Crippen LogP contribution is 2.46. The summed E-state index contributed by atoms with van der Waals surface area (Å²) in [7, 11) is 6.45. The maximum atomic E-state index is 12.6. The number of carbonyl (C=O) groups is 1. The molecular formula is C20H23NO5S. The Bertz CT molecular complexity index is 826. The molecule has 1 atom stereocenters. The second-order valence-electron chi connectivity index (χ2n) is 5.95. The molecule has 1 aliphatic rings. The number of hydrogen-bond acceptors (Lipinski definition) is 6. The van der Waals surface area contributed by atoms with Crippen molar-refractivity contribution in [2.75, 3.05) is 34.2 Å². The summed E-state index contributed by atoms with van der Waals surface area (Å²) in [5, 5.41) is -0.168. The van der Waals surface area contributed by atoms with E-state index in [1.807, 2.05) is 41.3 Å². The number of ether oxygens (including phenoxy) is 4. The summed E-state index contributed by atoms with van der Waals surface area (Å²) >= 11 is 1.57. The molecule has 1 heterocycles. The fraction of sp³-hybridized carbons (Fsp3) is 0.350. The summed E-state index contributed by atoms with van der Waals surface area (Å²) in [6, 6.07) is 11.3. The first-order valence-electron chi connectivity index (χ1n) is 8.45. The Morgan fingerprint density at radius 1 is 1.00 bits per heavy atom. The number of hydrogen-bond donors (Lipinski definition) is 0. The van der Waals surface area contributed by atoms with Gasteiger partial charge in [-0.3, -0.25) is 4.79 Å². The predicted molar refractivity (Wildman–Crippen MR) is 105 cm³/mol. The van der Waals surface area contributed by atoms with Gasteiger partial charge < -0.3 is 23.8 Å². The molecule has 6 nitrogen and oxygen atoms in total. The topological polar surface area (TPSA) is 57.2 Å². The van der Waals surface area contributed by atoms with Crippen molar-refractivity contribution >= 4 is 17.7 Å². The number of rotatable bonds is 7. The summed E-state index contributed by atoms with van der Waals surface area (Å²) in [6.07, 6.45) is 0. The summed E-state index contributed by atoms with van der Waals surface area (Å²) in [4.78, 5) is 14.5. The van der Waals surface area contributed by atoms with E-state index in [-0.39, 0.29) is 11.3 Å². The SMILES string of the molecule is COc1ccc(OC)c(CN2C(=O)CSC2c2cccc(OC)c2OC)c1. The van der Waals surface area contributed by atoms with Crippen LogP contribution >= 0.6 is 11.8 Å². The molecule has 27 heavy (non-hydrogen) atoms. The zero-order valence-corrected chi connectivity index (χ0v) is 16.7. The monoisotopic (exact) mass is 389 g/mol. The first-order chi connectivity index (χ1) is 13.1. The quantitative estimate of drug-likeness (QED) is 0.723. The minimum Gasteiger partial charge on any atom is -0.497 e. The van der Waals surface area contributed by atoms with E-state index in [2.05, 4.69) is 0 Å². The van der Waals surface area contributed by atoms with Crippen LogP contribution in [-0.4, -0.2) is 45.0 Å². The normalized spacial score (nSPS) is 16.4. The van der Waals surface area contributed by atoms with Crippen molar-refractivity contribution in [3.63, 3.8) is 0 Å². The lowest BCUT2D eigenvalue weighted by atomic mass is 10.1. The molecular weight excluding hydrogens is 366 g/mol. The number of nitrogens with zero attached hydrogens (tertiary/aromatic N) is 1. The van der Waals surface area contributed by atoms with Gasteiger partial charge in [0.1, 0.15) is 16.9 Å². The van der Waals surface area contributed by atoms with Gasteiger partial charge in [-0.2, -0.15) is 0 Å². The van der Waals surface area contributed by atoms with E-state index in [0.717, 1.165) is 22.6 Å². The van der Waals surface area contributed by atoms with Crippen molar-refractivity contribution in [3.05, 3.63) is 47.5 Å². The summed E-state index contributed by atoms with van der Waals surface area (Å²) in [6.45, 7) is 0.414. The first kappa shape index (κ1) is 19.2. The summed E-state index contributed by atoms with van der Waals surface area (Å²) in [5.41, 5.74) is 1.80. The lowest BCUT2D eigenvalue weighted by Gasteiger charge is -2.27. The van der Waals surface area contributed by atoms with Crippen LogP contribution in [0.5, 0.6) is 23.0 Å². The molecule has 7 heteroatoms. The lowest BCUT2D eigenvalue weighted by Crippen LogP contribution is -2.28. The van der Waals surface area contributed by atoms with E-state index in [4.69, 9.17) is 18.9 Å². The Hall–Kier alpha value is -2.54. The fourth-order valence-corrected chi connectivity index (χ4v) is 4.38. The Kier molecular flexibility index (Phi) is 6.01. The molecule has 2 aromatic carbocycles. The van der Waals surface area contributed by atoms with Crippen LogP contribution in [0.3, 0.4) is 0 Å². The van der Waals surface area contributed by atoms with Crippen LogP contribution < -0.4 is 18.9 Å². The third-order valence-corrected chi connectivity index (χ3v) is 5.73. The van der Waals surface area contributed by atoms with Crippen LogP contribution in [0, 0.1) is 0 Å². The minimum absolute atomic E-state index is 0.0692. The van der Waals surface area contributed by atoms with Gasteiger partial charge >= 0.3 is 0 Å². The van der Waals surface area contributed by atoms with Crippen molar-refractivity contribution in [1.29, 1.82) is 0 Å². The minimum atomic E-state index is -0.168. The van der Waals surface area contributed by atoms with Gasteiger partial charge in [-0.25, -0.2) is 0 Å². The average molecular weight is 389 g/mol. The highest BCUT2D eigenvalue weighted by molar-refractivity contribution is 8.00. The second-order valence-corrected chi connectivity index (χ2v) is 7.01. The molecule has 1 amide bonds. The van der Waals surface area contributed by atoms with Crippen molar-refractivity contribution in [1.82, 2.24) is 4.90 Å². The molecule has 0 radical (unpaired) electrons. The fourth-order valence-electron chi connectivity index (χ4n) is 3.18. The van der Waals surface area contributed by atoms with Gasteiger partial charge in [0.05, 0.1) is 40.7 Å². The first-order valence-corrected chi connectivity index (χ1v) is 9.50. The number of methoxy groups -OCH3 is 4. The highest BCUT2D eigenvalue weighted by Gasteiger charge is 2.35. The lowest BCUT2D eigenvalue weighted by molar-refractivity contribution is -0.128. The Balaban J connectivity index is 1.97. The van der Waals surface area contributed by atoms with E-state index in [1.54, 1.807) is 40.2 Å². The van der Waals surface area contributed by atoms with Gasteiger partial charge in [-0.1, -0.05) is 12.1 Å². The largest absolute Gasteiger partial charge is 0.497 e. The van der Waals surface area contributed by atoms with Crippen LogP contribution in [0.2, 0.25) is 0 Å². The zero-order chi connectivity index (χ0) is 19.4. The maximum Gasteiger partial charge on any atom is 0.234 e. The Labute approximate surface area is 163 Å². The average Bonchev–Trinajstić information content (AvgIpc) is 3.07.